The van der Waals surface area contributed by atoms with Crippen LogP contribution in [0.15, 0.2) is 23.3 Å². The predicted octanol–water partition coefficient (Wildman–Crippen LogP) is 0.521. The highest BCUT2D eigenvalue weighted by Crippen LogP contribution is 2.21. The third-order valence-corrected chi connectivity index (χ3v) is 1.77. The van der Waals surface area contributed by atoms with E-state index in [1.807, 2.05) is 0 Å². The Kier molecular flexibility index (Phi) is 4.14. The molecule has 0 bridgehead atoms. The minimum atomic E-state index is -0.217. The lowest BCUT2D eigenvalue weighted by Gasteiger charge is -2.05. The van der Waals surface area contributed by atoms with Crippen molar-refractivity contribution in [2.45, 2.75) is 0 Å². The third kappa shape index (κ3) is 3.49. The molecule has 0 saturated heterocycles. The predicted molar refractivity (Wildman–Crippen MR) is 62.2 cm³/mol. The van der Waals surface area contributed by atoms with Crippen LogP contribution in [0.4, 0.5) is 0 Å². The van der Waals surface area contributed by atoms with Crippen LogP contribution in [0.25, 0.3) is 0 Å². The molecule has 0 aliphatic carbocycles. The van der Waals surface area contributed by atoms with Crippen molar-refractivity contribution in [3.8, 4) is 11.5 Å². The summed E-state index contributed by atoms with van der Waals surface area (Å²) in [7, 11) is 3.15. The molecule has 1 aromatic rings. The lowest BCUT2D eigenvalue weighted by atomic mass is 10.2. The summed E-state index contributed by atoms with van der Waals surface area (Å²) in [5, 5.41) is 10.7. The summed E-state index contributed by atoms with van der Waals surface area (Å²) in [6.07, 6.45) is 1.52. The molecule has 0 aromatic heterocycles. The van der Waals surface area contributed by atoms with E-state index < -0.39 is 0 Å². The van der Waals surface area contributed by atoms with Gasteiger partial charge in [0, 0.05) is 11.6 Å². The van der Waals surface area contributed by atoms with Gasteiger partial charge in [0.05, 0.1) is 20.4 Å². The number of guanidine groups is 1. The molecule has 0 unspecified atom stereocenters. The zero-order chi connectivity index (χ0) is 12.0. The van der Waals surface area contributed by atoms with Gasteiger partial charge in [-0.05, 0) is 12.1 Å². The van der Waals surface area contributed by atoms with Crippen LogP contribution in [-0.4, -0.2) is 26.4 Å². The van der Waals surface area contributed by atoms with Crippen molar-refractivity contribution in [3.05, 3.63) is 23.8 Å². The van der Waals surface area contributed by atoms with Gasteiger partial charge in [-0.1, -0.05) is 0 Å². The van der Waals surface area contributed by atoms with E-state index in [1.54, 1.807) is 32.4 Å². The molecule has 6 heteroatoms. The molecule has 4 N–H and O–H groups in total. The van der Waals surface area contributed by atoms with Crippen molar-refractivity contribution in [1.29, 1.82) is 5.41 Å². The minimum absolute atomic E-state index is 0.217. The molecule has 0 radical (unpaired) electrons. The van der Waals surface area contributed by atoms with Gasteiger partial charge >= 0.3 is 0 Å². The van der Waals surface area contributed by atoms with Gasteiger partial charge in [0.2, 0.25) is 5.96 Å². The lowest BCUT2D eigenvalue weighted by molar-refractivity contribution is 0.394. The quantitative estimate of drug-likeness (QED) is 0.393. The third-order valence-electron chi connectivity index (χ3n) is 1.77. The van der Waals surface area contributed by atoms with Crippen molar-refractivity contribution in [3.63, 3.8) is 0 Å². The fourth-order valence-electron chi connectivity index (χ4n) is 1.08. The average molecular weight is 222 g/mol. The first kappa shape index (κ1) is 11.8. The maximum atomic E-state index is 6.92. The number of nitrogens with two attached hydrogens (primary N) is 1. The number of ether oxygens (including phenoxy) is 2. The van der Waals surface area contributed by atoms with E-state index in [2.05, 4.69) is 10.5 Å². The fourth-order valence-corrected chi connectivity index (χ4v) is 1.08. The van der Waals surface area contributed by atoms with Crippen molar-refractivity contribution in [1.82, 2.24) is 5.43 Å². The first-order valence-electron chi connectivity index (χ1n) is 4.52. The first-order chi connectivity index (χ1) is 7.65. The molecule has 1 aromatic carbocycles. The molecule has 1 rings (SSSR count). The summed E-state index contributed by atoms with van der Waals surface area (Å²) in [6, 6.07) is 5.33. The second-order valence-electron chi connectivity index (χ2n) is 2.93. The Bertz CT molecular complexity index is 382. The molecule has 0 atom stereocenters. The second-order valence-corrected chi connectivity index (χ2v) is 2.93. The first-order valence-corrected chi connectivity index (χ1v) is 4.52. The summed E-state index contributed by atoms with van der Waals surface area (Å²) in [5.41, 5.74) is 8.18. The maximum absolute atomic E-state index is 6.92. The van der Waals surface area contributed by atoms with E-state index in [4.69, 9.17) is 20.6 Å². The standard InChI is InChI=1S/C10H14N4O2/c1-15-8-3-7(4-9(5-8)16-2)6-13-14-10(11)12/h3-6H,1-2H3,(H4,11,12,14). The van der Waals surface area contributed by atoms with Crippen LogP contribution in [0.5, 0.6) is 11.5 Å². The zero-order valence-electron chi connectivity index (χ0n) is 9.15. The average Bonchev–Trinajstić information content (AvgIpc) is 2.28. The Morgan fingerprint density at radius 1 is 1.31 bits per heavy atom. The van der Waals surface area contributed by atoms with Gasteiger partial charge in [-0.25, -0.2) is 5.43 Å². The SMILES string of the molecule is COc1cc(C=NNC(=N)N)cc(OC)c1. The number of hydrogen-bond acceptors (Lipinski definition) is 4. The number of hydrazone groups is 1. The molecule has 6 nitrogen and oxygen atoms in total. The summed E-state index contributed by atoms with van der Waals surface area (Å²) in [6.45, 7) is 0. The Balaban J connectivity index is 2.86. The van der Waals surface area contributed by atoms with Crippen LogP contribution in [0.2, 0.25) is 0 Å². The molecule has 0 spiro atoms. The van der Waals surface area contributed by atoms with E-state index in [0.29, 0.717) is 11.5 Å². The number of benzene rings is 1. The van der Waals surface area contributed by atoms with Crippen LogP contribution < -0.4 is 20.6 Å². The van der Waals surface area contributed by atoms with Crippen LogP contribution in [0, 0.1) is 5.41 Å². The topological polar surface area (TPSA) is 92.7 Å². The Hall–Kier alpha value is -2.24. The van der Waals surface area contributed by atoms with Crippen molar-refractivity contribution in [2.24, 2.45) is 10.8 Å². The second kappa shape index (κ2) is 5.59. The lowest BCUT2D eigenvalue weighted by Crippen LogP contribution is -2.25. The van der Waals surface area contributed by atoms with Crippen LogP contribution >= 0.6 is 0 Å². The Morgan fingerprint density at radius 2 is 1.88 bits per heavy atom. The van der Waals surface area contributed by atoms with E-state index in [0.717, 1.165) is 5.56 Å². The van der Waals surface area contributed by atoms with Crippen molar-refractivity contribution < 1.29 is 9.47 Å². The molecule has 0 aliphatic rings. The highest BCUT2D eigenvalue weighted by Gasteiger charge is 1.99. The van der Waals surface area contributed by atoms with Gasteiger partial charge < -0.3 is 15.2 Å². The number of hydrogen-bond donors (Lipinski definition) is 3. The smallest absolute Gasteiger partial charge is 0.206 e. The minimum Gasteiger partial charge on any atom is -0.497 e. The van der Waals surface area contributed by atoms with Crippen LogP contribution in [0.3, 0.4) is 0 Å². The monoisotopic (exact) mass is 222 g/mol. The fraction of sp³-hybridized carbons (Fsp3) is 0.200. The molecule has 0 saturated carbocycles. The van der Waals surface area contributed by atoms with E-state index in [1.165, 1.54) is 6.21 Å². The molecule has 0 fully saturated rings. The maximum Gasteiger partial charge on any atom is 0.206 e. The van der Waals surface area contributed by atoms with Gasteiger partial charge in [-0.15, -0.1) is 0 Å². The highest BCUT2D eigenvalue weighted by atomic mass is 16.5. The number of nitrogens with zero attached hydrogens (tertiary/aromatic N) is 1. The molecule has 0 amide bonds. The Labute approximate surface area is 93.6 Å². The highest BCUT2D eigenvalue weighted by molar-refractivity contribution is 5.83. The number of methoxy groups -OCH3 is 2. The van der Waals surface area contributed by atoms with Gasteiger partial charge in [0.15, 0.2) is 0 Å². The molecular weight excluding hydrogens is 208 g/mol. The normalized spacial score (nSPS) is 10.1. The summed E-state index contributed by atoms with van der Waals surface area (Å²) < 4.78 is 10.2. The molecule has 16 heavy (non-hydrogen) atoms. The van der Waals surface area contributed by atoms with Gasteiger partial charge in [-0.2, -0.15) is 5.10 Å². The largest absolute Gasteiger partial charge is 0.497 e. The molecule has 86 valence electrons. The van der Waals surface area contributed by atoms with Crippen LogP contribution in [-0.2, 0) is 0 Å². The van der Waals surface area contributed by atoms with Crippen molar-refractivity contribution >= 4 is 12.2 Å². The Morgan fingerprint density at radius 3 is 2.31 bits per heavy atom. The van der Waals surface area contributed by atoms with E-state index >= 15 is 0 Å². The molecule has 0 heterocycles. The zero-order valence-corrected chi connectivity index (χ0v) is 9.15. The van der Waals surface area contributed by atoms with E-state index in [9.17, 15) is 0 Å². The van der Waals surface area contributed by atoms with Gasteiger partial charge in [-0.3, -0.25) is 5.41 Å². The van der Waals surface area contributed by atoms with Gasteiger partial charge in [0.25, 0.3) is 0 Å². The number of rotatable bonds is 4. The van der Waals surface area contributed by atoms with Crippen LogP contribution in [0.1, 0.15) is 5.56 Å². The molecular formula is C10H14N4O2. The summed E-state index contributed by atoms with van der Waals surface area (Å²) in [5.74, 6) is 1.12. The summed E-state index contributed by atoms with van der Waals surface area (Å²) >= 11 is 0. The summed E-state index contributed by atoms with van der Waals surface area (Å²) in [4.78, 5) is 0. The molecule has 0 aliphatic heterocycles. The van der Waals surface area contributed by atoms with Gasteiger partial charge in [0.1, 0.15) is 11.5 Å². The number of nitrogens with one attached hydrogen (secondary N) is 2. The van der Waals surface area contributed by atoms with Crippen molar-refractivity contribution in [2.75, 3.05) is 14.2 Å². The van der Waals surface area contributed by atoms with E-state index in [-0.39, 0.29) is 5.96 Å².